The van der Waals surface area contributed by atoms with Crippen LogP contribution >= 0.6 is 0 Å². The van der Waals surface area contributed by atoms with E-state index in [1.807, 2.05) is 13.8 Å². The standard InChI is InChI=1S/C11H16FNOS/c1-3-8(2)15(14)7-9-4-10(12)6-11(13)5-9/h4-6,8H,3,7,13H2,1-2H3. The normalized spacial score (nSPS) is 14.9. The molecule has 0 fully saturated rings. The van der Waals surface area contributed by atoms with E-state index in [1.54, 1.807) is 6.07 Å². The van der Waals surface area contributed by atoms with Crippen LogP contribution in [0.5, 0.6) is 0 Å². The summed E-state index contributed by atoms with van der Waals surface area (Å²) in [6.07, 6.45) is 0.859. The van der Waals surface area contributed by atoms with E-state index < -0.39 is 10.8 Å². The smallest absolute Gasteiger partial charge is 0.125 e. The number of nitrogens with two attached hydrogens (primary N) is 1. The largest absolute Gasteiger partial charge is 0.399 e. The summed E-state index contributed by atoms with van der Waals surface area (Å²) in [6.45, 7) is 3.92. The fraction of sp³-hybridized carbons (Fsp3) is 0.455. The van der Waals surface area contributed by atoms with E-state index >= 15 is 0 Å². The number of benzene rings is 1. The van der Waals surface area contributed by atoms with Gasteiger partial charge in [-0.1, -0.05) is 13.8 Å². The third kappa shape index (κ3) is 3.63. The Morgan fingerprint density at radius 1 is 1.47 bits per heavy atom. The van der Waals surface area contributed by atoms with Crippen molar-refractivity contribution in [3.05, 3.63) is 29.6 Å². The second-order valence-electron chi connectivity index (χ2n) is 3.64. The summed E-state index contributed by atoms with van der Waals surface area (Å²) in [5.41, 5.74) is 6.59. The van der Waals surface area contributed by atoms with Crippen molar-refractivity contribution in [1.29, 1.82) is 0 Å². The molecular formula is C11H16FNOS. The van der Waals surface area contributed by atoms with Crippen LogP contribution in [-0.4, -0.2) is 9.46 Å². The summed E-state index contributed by atoms with van der Waals surface area (Å²) >= 11 is 0. The lowest BCUT2D eigenvalue weighted by Gasteiger charge is -2.09. The van der Waals surface area contributed by atoms with Crippen LogP contribution < -0.4 is 5.73 Å². The molecule has 2 N–H and O–H groups in total. The summed E-state index contributed by atoms with van der Waals surface area (Å²) < 4.78 is 24.7. The third-order valence-corrected chi connectivity index (χ3v) is 4.16. The highest BCUT2D eigenvalue weighted by Crippen LogP contribution is 2.14. The molecule has 0 aliphatic rings. The highest BCUT2D eigenvalue weighted by Gasteiger charge is 2.10. The van der Waals surface area contributed by atoms with Crippen LogP contribution in [0.4, 0.5) is 10.1 Å². The van der Waals surface area contributed by atoms with Crippen LogP contribution in [0.15, 0.2) is 18.2 Å². The van der Waals surface area contributed by atoms with Crippen LogP contribution in [-0.2, 0) is 16.6 Å². The zero-order valence-electron chi connectivity index (χ0n) is 9.00. The first-order valence-corrected chi connectivity index (χ1v) is 6.33. The highest BCUT2D eigenvalue weighted by atomic mass is 32.2. The topological polar surface area (TPSA) is 43.1 Å². The van der Waals surface area contributed by atoms with E-state index in [0.29, 0.717) is 17.0 Å². The molecule has 1 rings (SSSR count). The van der Waals surface area contributed by atoms with Gasteiger partial charge in [-0.15, -0.1) is 0 Å². The molecule has 84 valence electrons. The maximum atomic E-state index is 13.0. The molecule has 0 aliphatic carbocycles. The molecule has 0 spiro atoms. The zero-order valence-corrected chi connectivity index (χ0v) is 9.81. The van der Waals surface area contributed by atoms with Crippen molar-refractivity contribution < 1.29 is 8.60 Å². The number of nitrogen functional groups attached to an aromatic ring is 1. The fourth-order valence-corrected chi connectivity index (χ4v) is 2.40. The third-order valence-electron chi connectivity index (χ3n) is 2.31. The van der Waals surface area contributed by atoms with Crippen molar-refractivity contribution in [3.63, 3.8) is 0 Å². The maximum absolute atomic E-state index is 13.0. The van der Waals surface area contributed by atoms with E-state index in [0.717, 1.165) is 6.42 Å². The molecule has 2 atom stereocenters. The molecule has 0 aliphatic heterocycles. The molecule has 0 amide bonds. The lowest BCUT2D eigenvalue weighted by molar-refractivity contribution is 0.627. The van der Waals surface area contributed by atoms with Gasteiger partial charge in [-0.05, 0) is 30.2 Å². The summed E-state index contributed by atoms with van der Waals surface area (Å²) in [5, 5.41) is 0.134. The molecule has 0 radical (unpaired) electrons. The van der Waals surface area contributed by atoms with Gasteiger partial charge in [0.25, 0.3) is 0 Å². The molecule has 0 bridgehead atoms. The van der Waals surface area contributed by atoms with Crippen molar-refractivity contribution in [1.82, 2.24) is 0 Å². The van der Waals surface area contributed by atoms with Crippen LogP contribution in [0.3, 0.4) is 0 Å². The minimum atomic E-state index is -0.955. The Morgan fingerprint density at radius 2 is 2.13 bits per heavy atom. The van der Waals surface area contributed by atoms with Gasteiger partial charge in [0.1, 0.15) is 5.82 Å². The minimum Gasteiger partial charge on any atom is -0.399 e. The molecule has 0 aromatic heterocycles. The van der Waals surface area contributed by atoms with Crippen LogP contribution in [0.25, 0.3) is 0 Å². The monoisotopic (exact) mass is 229 g/mol. The lowest BCUT2D eigenvalue weighted by atomic mass is 10.2. The molecule has 1 aromatic carbocycles. The molecule has 0 saturated heterocycles. The first kappa shape index (κ1) is 12.2. The van der Waals surface area contributed by atoms with Crippen LogP contribution in [0.2, 0.25) is 0 Å². The Labute approximate surface area is 92.1 Å². The molecular weight excluding hydrogens is 213 g/mol. The number of rotatable bonds is 4. The first-order valence-electron chi connectivity index (χ1n) is 4.95. The van der Waals surface area contributed by atoms with Gasteiger partial charge in [-0.25, -0.2) is 4.39 Å². The number of hydrogen-bond acceptors (Lipinski definition) is 2. The van der Waals surface area contributed by atoms with E-state index in [-0.39, 0.29) is 11.1 Å². The van der Waals surface area contributed by atoms with Gasteiger partial charge < -0.3 is 5.73 Å². The van der Waals surface area contributed by atoms with Crippen LogP contribution in [0.1, 0.15) is 25.8 Å². The van der Waals surface area contributed by atoms with E-state index in [1.165, 1.54) is 12.1 Å². The molecule has 15 heavy (non-hydrogen) atoms. The zero-order chi connectivity index (χ0) is 11.4. The van der Waals surface area contributed by atoms with Gasteiger partial charge in [-0.3, -0.25) is 4.21 Å². The Balaban J connectivity index is 2.76. The summed E-state index contributed by atoms with van der Waals surface area (Å²) in [7, 11) is -0.955. The Morgan fingerprint density at radius 3 is 2.67 bits per heavy atom. The second-order valence-corrected chi connectivity index (χ2v) is 5.49. The first-order chi connectivity index (χ1) is 7.02. The number of anilines is 1. The average Bonchev–Trinajstić information content (AvgIpc) is 2.14. The van der Waals surface area contributed by atoms with Crippen molar-refractivity contribution in [2.45, 2.75) is 31.3 Å². The average molecular weight is 229 g/mol. The quantitative estimate of drug-likeness (QED) is 0.806. The second kappa shape index (κ2) is 5.26. The number of halogens is 1. The minimum absolute atomic E-state index is 0.134. The Bertz CT molecular complexity index is 347. The van der Waals surface area contributed by atoms with E-state index in [2.05, 4.69) is 0 Å². The van der Waals surface area contributed by atoms with Crippen molar-refractivity contribution in [2.75, 3.05) is 5.73 Å². The summed E-state index contributed by atoms with van der Waals surface area (Å²) in [6, 6.07) is 4.32. The van der Waals surface area contributed by atoms with Gasteiger partial charge in [0.05, 0.1) is 0 Å². The van der Waals surface area contributed by atoms with Gasteiger partial charge in [-0.2, -0.15) is 0 Å². The molecule has 1 aromatic rings. The Kier molecular flexibility index (Phi) is 4.27. The Hall–Kier alpha value is -0.900. The maximum Gasteiger partial charge on any atom is 0.125 e. The van der Waals surface area contributed by atoms with Gasteiger partial charge >= 0.3 is 0 Å². The lowest BCUT2D eigenvalue weighted by Crippen LogP contribution is -2.11. The van der Waals surface area contributed by atoms with Crippen LogP contribution in [0, 0.1) is 5.82 Å². The molecule has 0 saturated carbocycles. The molecule has 2 nitrogen and oxygen atoms in total. The van der Waals surface area contributed by atoms with Crippen molar-refractivity contribution >= 4 is 16.5 Å². The summed E-state index contributed by atoms with van der Waals surface area (Å²) in [5.74, 6) is 0.00269. The van der Waals surface area contributed by atoms with Crippen molar-refractivity contribution in [2.24, 2.45) is 0 Å². The molecule has 4 heteroatoms. The van der Waals surface area contributed by atoms with Crippen molar-refractivity contribution in [3.8, 4) is 0 Å². The van der Waals surface area contributed by atoms with Gasteiger partial charge in [0.2, 0.25) is 0 Å². The molecule has 2 unspecified atom stereocenters. The molecule has 0 heterocycles. The van der Waals surface area contributed by atoms with Gasteiger partial charge in [0.15, 0.2) is 0 Å². The fourth-order valence-electron chi connectivity index (χ4n) is 1.25. The number of hydrogen-bond donors (Lipinski definition) is 1. The predicted molar refractivity (Wildman–Crippen MR) is 62.4 cm³/mol. The van der Waals surface area contributed by atoms with E-state index in [9.17, 15) is 8.60 Å². The highest BCUT2D eigenvalue weighted by molar-refractivity contribution is 7.84. The predicted octanol–water partition coefficient (Wildman–Crippen LogP) is 2.46. The van der Waals surface area contributed by atoms with E-state index in [4.69, 9.17) is 5.73 Å². The summed E-state index contributed by atoms with van der Waals surface area (Å²) in [4.78, 5) is 0. The van der Waals surface area contributed by atoms with Gasteiger partial charge in [0, 0.05) is 27.5 Å². The SMILES string of the molecule is CCC(C)S(=O)Cc1cc(N)cc(F)c1.